The molecule has 3 rings (SSSR count). The molecule has 0 saturated heterocycles. The molecule has 1 amide bonds. The summed E-state index contributed by atoms with van der Waals surface area (Å²) in [5.74, 6) is 0.338. The van der Waals surface area contributed by atoms with Crippen molar-refractivity contribution < 1.29 is 33.6 Å². The maximum Gasteiger partial charge on any atom is 0.408 e. The molecule has 0 aliphatic heterocycles. The number of rotatable bonds is 6. The van der Waals surface area contributed by atoms with Gasteiger partial charge in [-0.25, -0.2) is 9.59 Å². The molecular weight excluding hydrogens is 390 g/mol. The van der Waals surface area contributed by atoms with Crippen molar-refractivity contribution in [2.24, 2.45) is 0 Å². The minimum atomic E-state index is -0.989. The van der Waals surface area contributed by atoms with Gasteiger partial charge in [0.05, 0.1) is 20.3 Å². The third kappa shape index (κ3) is 4.59. The number of nitrogens with one attached hydrogen (secondary N) is 1. The Labute approximate surface area is 175 Å². The number of alkyl carbamates (subject to hydrolysis) is 1. The van der Waals surface area contributed by atoms with Gasteiger partial charge in [-0.3, -0.25) is 0 Å². The number of hydrogen-bond donors (Lipinski definition) is 2. The second-order valence-electron chi connectivity index (χ2n) is 8.31. The predicted octanol–water partition coefficient (Wildman–Crippen LogP) is 3.04. The minimum absolute atomic E-state index is 0.0479. The zero-order chi connectivity index (χ0) is 22.1. The van der Waals surface area contributed by atoms with E-state index in [-0.39, 0.29) is 12.2 Å². The SMILES string of the molecule is COC(=O)c1ccc2ccc(OC)cc2c1OCC1(NC(=O)OC(C)(C)C)C[C@H]1O. The average Bonchev–Trinajstić information content (AvgIpc) is 3.31. The standard InChI is InChI=1S/C22H27NO7/c1-21(2,3)30-20(26)23-22(11-17(22)24)12-29-18-15(19(25)28-5)9-7-13-6-8-14(27-4)10-16(13)18/h6-10,17,24H,11-12H2,1-5H3,(H,23,26)/t17-,22?/m1/s1. The Balaban J connectivity index is 1.90. The summed E-state index contributed by atoms with van der Waals surface area (Å²) in [5, 5.41) is 14.4. The topological polar surface area (TPSA) is 103 Å². The van der Waals surface area contributed by atoms with Crippen LogP contribution in [-0.4, -0.2) is 55.2 Å². The van der Waals surface area contributed by atoms with Crippen LogP contribution in [0.3, 0.4) is 0 Å². The van der Waals surface area contributed by atoms with Crippen molar-refractivity contribution >= 4 is 22.8 Å². The summed E-state index contributed by atoms with van der Waals surface area (Å²) in [6.45, 7) is 5.22. The Kier molecular flexibility index (Phi) is 5.81. The van der Waals surface area contributed by atoms with Crippen molar-refractivity contribution in [1.29, 1.82) is 0 Å². The lowest BCUT2D eigenvalue weighted by Crippen LogP contribution is -2.46. The van der Waals surface area contributed by atoms with E-state index < -0.39 is 29.3 Å². The van der Waals surface area contributed by atoms with E-state index in [2.05, 4.69) is 5.32 Å². The summed E-state index contributed by atoms with van der Waals surface area (Å²) in [4.78, 5) is 24.5. The fourth-order valence-electron chi connectivity index (χ4n) is 3.14. The molecule has 0 bridgehead atoms. The van der Waals surface area contributed by atoms with Crippen molar-refractivity contribution in [3.8, 4) is 11.5 Å². The molecule has 0 radical (unpaired) electrons. The van der Waals surface area contributed by atoms with Gasteiger partial charge in [0.25, 0.3) is 0 Å². The number of hydrogen-bond acceptors (Lipinski definition) is 7. The van der Waals surface area contributed by atoms with E-state index >= 15 is 0 Å². The lowest BCUT2D eigenvalue weighted by molar-refractivity contribution is 0.0445. The van der Waals surface area contributed by atoms with Crippen molar-refractivity contribution in [3.05, 3.63) is 35.9 Å². The largest absolute Gasteiger partial charge is 0.497 e. The molecule has 2 aromatic carbocycles. The third-order valence-electron chi connectivity index (χ3n) is 4.84. The van der Waals surface area contributed by atoms with Crippen LogP contribution in [-0.2, 0) is 9.47 Å². The van der Waals surface area contributed by atoms with Crippen molar-refractivity contribution in [3.63, 3.8) is 0 Å². The van der Waals surface area contributed by atoms with Gasteiger partial charge in [-0.2, -0.15) is 0 Å². The van der Waals surface area contributed by atoms with E-state index in [1.807, 2.05) is 6.07 Å². The number of fused-ring (bicyclic) bond motifs is 1. The van der Waals surface area contributed by atoms with Crippen LogP contribution in [0, 0.1) is 0 Å². The van der Waals surface area contributed by atoms with Gasteiger partial charge < -0.3 is 29.4 Å². The number of amides is 1. The molecule has 1 aliphatic rings. The first kappa shape index (κ1) is 21.7. The second kappa shape index (κ2) is 8.02. The van der Waals surface area contributed by atoms with E-state index in [0.717, 1.165) is 5.39 Å². The maximum absolute atomic E-state index is 12.3. The highest BCUT2D eigenvalue weighted by molar-refractivity contribution is 6.01. The molecule has 2 aromatic rings. The fourth-order valence-corrected chi connectivity index (χ4v) is 3.14. The van der Waals surface area contributed by atoms with Crippen LogP contribution in [0.2, 0.25) is 0 Å². The molecular formula is C22H27NO7. The number of benzene rings is 2. The fraction of sp³-hybridized carbons (Fsp3) is 0.455. The molecule has 162 valence electrons. The summed E-state index contributed by atoms with van der Waals surface area (Å²) < 4.78 is 21.5. The van der Waals surface area contributed by atoms with Gasteiger partial charge in [-0.1, -0.05) is 12.1 Å². The Morgan fingerprint density at radius 1 is 1.20 bits per heavy atom. The van der Waals surface area contributed by atoms with E-state index in [4.69, 9.17) is 18.9 Å². The highest BCUT2D eigenvalue weighted by atomic mass is 16.6. The van der Waals surface area contributed by atoms with Gasteiger partial charge in [0, 0.05) is 11.8 Å². The van der Waals surface area contributed by atoms with Crippen LogP contribution in [0.25, 0.3) is 10.8 Å². The normalized spacial score (nSPS) is 20.4. The number of carbonyl (C=O) groups is 2. The van der Waals surface area contributed by atoms with Gasteiger partial charge >= 0.3 is 12.1 Å². The Bertz CT molecular complexity index is 966. The van der Waals surface area contributed by atoms with Crippen molar-refractivity contribution in [2.45, 2.75) is 44.4 Å². The van der Waals surface area contributed by atoms with E-state index in [0.29, 0.717) is 23.3 Å². The second-order valence-corrected chi connectivity index (χ2v) is 8.31. The summed E-state index contributed by atoms with van der Waals surface area (Å²) in [7, 11) is 2.84. The molecule has 1 aliphatic carbocycles. The van der Waals surface area contributed by atoms with Gasteiger partial charge in [0.2, 0.25) is 0 Å². The number of esters is 1. The zero-order valence-electron chi connectivity index (χ0n) is 17.8. The predicted molar refractivity (Wildman–Crippen MR) is 110 cm³/mol. The molecule has 1 unspecified atom stereocenters. The molecule has 2 atom stereocenters. The van der Waals surface area contributed by atoms with Crippen LogP contribution in [0.5, 0.6) is 11.5 Å². The molecule has 8 heteroatoms. The molecule has 0 aromatic heterocycles. The number of ether oxygens (including phenoxy) is 4. The van der Waals surface area contributed by atoms with Crippen LogP contribution in [0.1, 0.15) is 37.6 Å². The van der Waals surface area contributed by atoms with Crippen molar-refractivity contribution in [2.75, 3.05) is 20.8 Å². The summed E-state index contributed by atoms with van der Waals surface area (Å²) >= 11 is 0. The van der Waals surface area contributed by atoms with Crippen molar-refractivity contribution in [1.82, 2.24) is 5.32 Å². The van der Waals surface area contributed by atoms with Crippen LogP contribution >= 0.6 is 0 Å². The van der Waals surface area contributed by atoms with Crippen LogP contribution in [0.4, 0.5) is 4.79 Å². The molecule has 1 fully saturated rings. The number of methoxy groups -OCH3 is 2. The number of aliphatic hydroxyl groups is 1. The summed E-state index contributed by atoms with van der Waals surface area (Å²) in [5.41, 5.74) is -1.42. The highest BCUT2D eigenvalue weighted by Gasteiger charge is 2.56. The molecule has 30 heavy (non-hydrogen) atoms. The van der Waals surface area contributed by atoms with E-state index in [1.165, 1.54) is 7.11 Å². The average molecular weight is 417 g/mol. The first-order valence-corrected chi connectivity index (χ1v) is 9.59. The molecule has 1 saturated carbocycles. The molecule has 8 nitrogen and oxygen atoms in total. The Morgan fingerprint density at radius 3 is 2.43 bits per heavy atom. The number of carbonyl (C=O) groups excluding carboxylic acids is 2. The summed E-state index contributed by atoms with van der Waals surface area (Å²) in [6.07, 6.45) is -1.11. The lowest BCUT2D eigenvalue weighted by Gasteiger charge is -2.24. The summed E-state index contributed by atoms with van der Waals surface area (Å²) in [6, 6.07) is 8.82. The van der Waals surface area contributed by atoms with Crippen LogP contribution in [0.15, 0.2) is 30.3 Å². The smallest absolute Gasteiger partial charge is 0.408 e. The Morgan fingerprint density at radius 2 is 1.87 bits per heavy atom. The number of aliphatic hydroxyl groups excluding tert-OH is 1. The quantitative estimate of drug-likeness (QED) is 0.696. The highest BCUT2D eigenvalue weighted by Crippen LogP contribution is 2.39. The van der Waals surface area contributed by atoms with Gasteiger partial charge in [0.15, 0.2) is 0 Å². The zero-order valence-corrected chi connectivity index (χ0v) is 17.8. The third-order valence-corrected chi connectivity index (χ3v) is 4.84. The van der Waals surface area contributed by atoms with Crippen LogP contribution < -0.4 is 14.8 Å². The first-order valence-electron chi connectivity index (χ1n) is 9.59. The molecule has 0 heterocycles. The molecule has 2 N–H and O–H groups in total. The van der Waals surface area contributed by atoms with Gasteiger partial charge in [0.1, 0.15) is 34.8 Å². The maximum atomic E-state index is 12.3. The lowest BCUT2D eigenvalue weighted by atomic mass is 10.0. The Hall–Kier alpha value is -3.00. The molecule has 0 spiro atoms. The minimum Gasteiger partial charge on any atom is -0.497 e. The monoisotopic (exact) mass is 417 g/mol. The van der Waals surface area contributed by atoms with E-state index in [1.54, 1.807) is 52.1 Å². The van der Waals surface area contributed by atoms with E-state index in [9.17, 15) is 14.7 Å². The van der Waals surface area contributed by atoms with Gasteiger partial charge in [-0.05, 0) is 44.4 Å². The van der Waals surface area contributed by atoms with Gasteiger partial charge in [-0.15, -0.1) is 0 Å². The first-order chi connectivity index (χ1) is 14.1.